The number of thioether (sulfide) groups is 1. The summed E-state index contributed by atoms with van der Waals surface area (Å²) in [6.45, 7) is 5.65. The number of hydrogen-bond acceptors (Lipinski definition) is 7. The van der Waals surface area contributed by atoms with Crippen molar-refractivity contribution in [2.45, 2.75) is 18.6 Å². The smallest absolute Gasteiger partial charge is 0.254 e. The lowest BCUT2D eigenvalue weighted by Gasteiger charge is -2.28. The van der Waals surface area contributed by atoms with Crippen LogP contribution in [-0.2, 0) is 11.3 Å². The lowest BCUT2D eigenvalue weighted by atomic mass is 10.2. The number of carbonyl (C=O) groups excluding carboxylic acids is 1. The number of benzene rings is 1. The number of amides is 1. The number of anilines is 1. The summed E-state index contributed by atoms with van der Waals surface area (Å²) >= 11 is 1.58. The molecule has 30 heavy (non-hydrogen) atoms. The molecule has 1 aromatic carbocycles. The molecule has 0 saturated carbocycles. The molecule has 1 fully saturated rings. The minimum absolute atomic E-state index is 0.0291. The third kappa shape index (κ3) is 4.39. The molecule has 2 aromatic heterocycles. The molecule has 0 atom stereocenters. The van der Waals surface area contributed by atoms with Crippen LogP contribution in [0.15, 0.2) is 35.6 Å². The van der Waals surface area contributed by atoms with Crippen LogP contribution in [0.2, 0.25) is 0 Å². The van der Waals surface area contributed by atoms with Crippen molar-refractivity contribution in [2.24, 2.45) is 0 Å². The summed E-state index contributed by atoms with van der Waals surface area (Å²) in [4.78, 5) is 23.8. The number of rotatable bonds is 7. The number of fused-ring (bicyclic) bond motifs is 1. The Morgan fingerprint density at radius 3 is 2.83 bits per heavy atom. The molecule has 10 heteroatoms. The van der Waals surface area contributed by atoms with Crippen LogP contribution in [-0.4, -0.2) is 64.3 Å². The molecule has 3 heterocycles. The van der Waals surface area contributed by atoms with Crippen LogP contribution in [0.1, 0.15) is 17.3 Å². The summed E-state index contributed by atoms with van der Waals surface area (Å²) in [5.41, 5.74) is 0.754. The average Bonchev–Trinajstić information content (AvgIpc) is 3.17. The highest BCUT2D eigenvalue weighted by molar-refractivity contribution is 7.99. The Bertz CT molecular complexity index is 1040. The second-order valence-corrected chi connectivity index (χ2v) is 7.93. The fourth-order valence-corrected chi connectivity index (χ4v) is 3.87. The van der Waals surface area contributed by atoms with Crippen molar-refractivity contribution < 1.29 is 13.9 Å². The van der Waals surface area contributed by atoms with Crippen molar-refractivity contribution >= 4 is 34.5 Å². The van der Waals surface area contributed by atoms with E-state index in [1.807, 2.05) is 0 Å². The van der Waals surface area contributed by atoms with Crippen molar-refractivity contribution in [1.29, 1.82) is 0 Å². The predicted molar refractivity (Wildman–Crippen MR) is 113 cm³/mol. The maximum Gasteiger partial charge on any atom is 0.254 e. The van der Waals surface area contributed by atoms with E-state index in [1.165, 1.54) is 12.1 Å². The van der Waals surface area contributed by atoms with Crippen LogP contribution in [0, 0.1) is 5.82 Å². The number of morpholine rings is 1. The fourth-order valence-electron chi connectivity index (χ4n) is 3.31. The van der Waals surface area contributed by atoms with Gasteiger partial charge in [0.05, 0.1) is 36.9 Å². The Hall–Kier alpha value is -2.72. The zero-order chi connectivity index (χ0) is 20.9. The van der Waals surface area contributed by atoms with Crippen molar-refractivity contribution in [3.05, 3.63) is 41.8 Å². The molecule has 4 rings (SSSR count). The molecule has 0 bridgehead atoms. The van der Waals surface area contributed by atoms with Gasteiger partial charge in [0.25, 0.3) is 5.91 Å². The summed E-state index contributed by atoms with van der Waals surface area (Å²) in [6.07, 6.45) is 1.76. The third-order valence-electron chi connectivity index (χ3n) is 4.77. The summed E-state index contributed by atoms with van der Waals surface area (Å²) in [7, 11) is 0. The van der Waals surface area contributed by atoms with E-state index >= 15 is 0 Å². The van der Waals surface area contributed by atoms with Crippen LogP contribution in [0.3, 0.4) is 0 Å². The summed E-state index contributed by atoms with van der Waals surface area (Å²) in [5.74, 6) is 0.737. The summed E-state index contributed by atoms with van der Waals surface area (Å²) in [6, 6.07) is 5.92. The zero-order valence-corrected chi connectivity index (χ0v) is 17.5. The number of hydrogen-bond donors (Lipinski definition) is 1. The van der Waals surface area contributed by atoms with Crippen LogP contribution in [0.4, 0.5) is 10.2 Å². The highest BCUT2D eigenvalue weighted by Crippen LogP contribution is 2.27. The van der Waals surface area contributed by atoms with E-state index in [2.05, 4.69) is 27.2 Å². The largest absolute Gasteiger partial charge is 0.378 e. The van der Waals surface area contributed by atoms with E-state index in [-0.39, 0.29) is 5.56 Å². The normalized spacial score (nSPS) is 14.3. The van der Waals surface area contributed by atoms with Crippen LogP contribution in [0.5, 0.6) is 0 Å². The molecular weight excluding hydrogens is 407 g/mol. The number of nitrogens with zero attached hydrogens (tertiary/aromatic N) is 5. The number of aromatic nitrogens is 4. The van der Waals surface area contributed by atoms with Crippen LogP contribution < -0.4 is 10.2 Å². The van der Waals surface area contributed by atoms with Gasteiger partial charge in [-0.2, -0.15) is 5.10 Å². The van der Waals surface area contributed by atoms with Gasteiger partial charge in [0.15, 0.2) is 10.8 Å². The van der Waals surface area contributed by atoms with E-state index in [0.717, 1.165) is 35.7 Å². The van der Waals surface area contributed by atoms with Crippen molar-refractivity contribution in [3.8, 4) is 0 Å². The molecule has 158 valence electrons. The van der Waals surface area contributed by atoms with Gasteiger partial charge in [-0.15, -0.1) is 0 Å². The maximum absolute atomic E-state index is 13.8. The second-order valence-electron chi connectivity index (χ2n) is 6.70. The first-order valence-electron chi connectivity index (χ1n) is 9.89. The molecule has 0 spiro atoms. The molecule has 1 aliphatic rings. The van der Waals surface area contributed by atoms with E-state index in [1.54, 1.807) is 34.8 Å². The predicted octanol–water partition coefficient (Wildman–Crippen LogP) is 2.34. The molecular formula is C20H23FN6O2S. The molecule has 1 N–H and O–H groups in total. The quantitative estimate of drug-likeness (QED) is 0.455. The molecule has 3 aromatic rings. The Morgan fingerprint density at radius 1 is 1.27 bits per heavy atom. The average molecular weight is 431 g/mol. The first-order chi connectivity index (χ1) is 14.7. The Labute approximate surface area is 177 Å². The number of nitrogens with one attached hydrogen (secondary N) is 1. The molecule has 0 radical (unpaired) electrons. The maximum atomic E-state index is 13.8. The minimum Gasteiger partial charge on any atom is -0.378 e. The molecule has 0 aliphatic carbocycles. The summed E-state index contributed by atoms with van der Waals surface area (Å²) < 4.78 is 21.0. The van der Waals surface area contributed by atoms with Gasteiger partial charge in [-0.1, -0.05) is 30.8 Å². The van der Waals surface area contributed by atoms with Gasteiger partial charge < -0.3 is 15.0 Å². The number of ether oxygens (including phenoxy) is 1. The first-order valence-corrected chi connectivity index (χ1v) is 10.9. The Morgan fingerprint density at radius 2 is 2.07 bits per heavy atom. The van der Waals surface area contributed by atoms with E-state index < -0.39 is 11.7 Å². The van der Waals surface area contributed by atoms with Crippen LogP contribution in [0.25, 0.3) is 11.0 Å². The standard InChI is InChI=1S/C20H23FN6O2S/c1-2-30-20-24-17(26-9-11-29-12-10-26)15-13-23-27(18(15)25-20)8-7-22-19(28)14-5-3-4-6-16(14)21/h3-6,13H,2,7-12H2,1H3,(H,22,28). The van der Waals surface area contributed by atoms with Crippen molar-refractivity contribution in [2.75, 3.05) is 43.5 Å². The highest BCUT2D eigenvalue weighted by Gasteiger charge is 2.20. The second kappa shape index (κ2) is 9.40. The monoisotopic (exact) mass is 430 g/mol. The molecule has 1 saturated heterocycles. The van der Waals surface area contributed by atoms with Gasteiger partial charge in [-0.05, 0) is 17.9 Å². The van der Waals surface area contributed by atoms with Gasteiger partial charge in [0.1, 0.15) is 11.6 Å². The minimum atomic E-state index is -0.538. The molecule has 1 amide bonds. The number of carbonyl (C=O) groups is 1. The third-order valence-corrected chi connectivity index (χ3v) is 5.50. The van der Waals surface area contributed by atoms with E-state index in [9.17, 15) is 9.18 Å². The van der Waals surface area contributed by atoms with Crippen LogP contribution >= 0.6 is 11.8 Å². The molecule has 0 unspecified atom stereocenters. The highest BCUT2D eigenvalue weighted by atomic mass is 32.2. The van der Waals surface area contributed by atoms with Crippen molar-refractivity contribution in [3.63, 3.8) is 0 Å². The lowest BCUT2D eigenvalue weighted by molar-refractivity contribution is 0.0948. The van der Waals surface area contributed by atoms with E-state index in [4.69, 9.17) is 9.72 Å². The Balaban J connectivity index is 1.53. The fraction of sp³-hybridized carbons (Fsp3) is 0.400. The van der Waals surface area contributed by atoms with Gasteiger partial charge in [-0.3, -0.25) is 4.79 Å². The SMILES string of the molecule is CCSc1nc(N2CCOCC2)c2cnn(CCNC(=O)c3ccccc3F)c2n1. The zero-order valence-electron chi connectivity index (χ0n) is 16.7. The lowest BCUT2D eigenvalue weighted by Crippen LogP contribution is -2.37. The van der Waals surface area contributed by atoms with Gasteiger partial charge >= 0.3 is 0 Å². The number of halogens is 1. The first kappa shape index (κ1) is 20.5. The Kier molecular flexibility index (Phi) is 6.44. The van der Waals surface area contributed by atoms with Gasteiger partial charge in [-0.25, -0.2) is 19.0 Å². The summed E-state index contributed by atoms with van der Waals surface area (Å²) in [5, 5.41) is 8.78. The molecule has 1 aliphatic heterocycles. The topological polar surface area (TPSA) is 85.2 Å². The van der Waals surface area contributed by atoms with Gasteiger partial charge in [0.2, 0.25) is 0 Å². The van der Waals surface area contributed by atoms with E-state index in [0.29, 0.717) is 31.5 Å². The van der Waals surface area contributed by atoms with Crippen molar-refractivity contribution in [1.82, 2.24) is 25.1 Å². The van der Waals surface area contributed by atoms with Gasteiger partial charge in [0, 0.05) is 19.6 Å². The molecule has 8 nitrogen and oxygen atoms in total.